The molecular formula is C23H16Cl2F3NO5. The summed E-state index contributed by atoms with van der Waals surface area (Å²) in [5.41, 5.74) is -1.06. The Labute approximate surface area is 202 Å². The zero-order valence-electron chi connectivity index (χ0n) is 17.2. The van der Waals surface area contributed by atoms with Gasteiger partial charge in [-0.05, 0) is 29.8 Å². The van der Waals surface area contributed by atoms with E-state index in [1.807, 2.05) is 18.2 Å². The smallest absolute Gasteiger partial charge is 0.416 e. The van der Waals surface area contributed by atoms with E-state index in [1.165, 1.54) is 6.07 Å². The van der Waals surface area contributed by atoms with E-state index in [2.05, 4.69) is 0 Å². The fraction of sp³-hybridized carbons (Fsp3) is 0.174. The van der Waals surface area contributed by atoms with Crippen LogP contribution in [0.3, 0.4) is 0 Å². The number of benzene rings is 3. The number of hydrogen-bond acceptors (Lipinski definition) is 5. The van der Waals surface area contributed by atoms with Gasteiger partial charge in [0.25, 0.3) is 5.69 Å². The first-order valence-corrected chi connectivity index (χ1v) is 10.6. The summed E-state index contributed by atoms with van der Waals surface area (Å²) in [6.45, 7) is 0. The van der Waals surface area contributed by atoms with Gasteiger partial charge in [0.15, 0.2) is 0 Å². The number of nitro groups is 1. The largest absolute Gasteiger partial charge is 0.457 e. The van der Waals surface area contributed by atoms with E-state index in [4.69, 9.17) is 32.7 Å². The first-order chi connectivity index (χ1) is 16.1. The molecule has 6 nitrogen and oxygen atoms in total. The summed E-state index contributed by atoms with van der Waals surface area (Å²) in [5.74, 6) is -1.25. The van der Waals surface area contributed by atoms with Gasteiger partial charge in [-0.2, -0.15) is 13.2 Å². The number of rotatable bonds is 8. The van der Waals surface area contributed by atoms with Gasteiger partial charge in [0, 0.05) is 18.6 Å². The van der Waals surface area contributed by atoms with E-state index in [-0.39, 0.29) is 22.4 Å². The first-order valence-electron chi connectivity index (χ1n) is 9.72. The second-order valence-corrected chi connectivity index (χ2v) is 7.77. The number of nitrogens with zero attached hydrogens (tertiary/aromatic N) is 1. The molecule has 0 N–H and O–H groups in total. The van der Waals surface area contributed by atoms with Crippen molar-refractivity contribution in [3.63, 3.8) is 0 Å². The van der Waals surface area contributed by atoms with E-state index in [9.17, 15) is 28.1 Å². The van der Waals surface area contributed by atoms with Crippen molar-refractivity contribution in [1.29, 1.82) is 0 Å². The van der Waals surface area contributed by atoms with Gasteiger partial charge in [-0.25, -0.2) is 4.79 Å². The van der Waals surface area contributed by atoms with Crippen LogP contribution in [0.1, 0.15) is 21.5 Å². The molecule has 178 valence electrons. The fourth-order valence-corrected chi connectivity index (χ4v) is 3.40. The first kappa shape index (κ1) is 25.3. The molecule has 0 aromatic heterocycles. The maximum absolute atomic E-state index is 12.8. The Morgan fingerprint density at radius 3 is 2.35 bits per heavy atom. The summed E-state index contributed by atoms with van der Waals surface area (Å²) < 4.78 is 49.4. The van der Waals surface area contributed by atoms with E-state index < -0.39 is 40.0 Å². The van der Waals surface area contributed by atoms with Crippen LogP contribution < -0.4 is 4.74 Å². The van der Waals surface area contributed by atoms with Crippen LogP contribution >= 0.6 is 23.2 Å². The molecule has 0 aliphatic heterocycles. The number of hydrogen-bond donors (Lipinski definition) is 0. The maximum atomic E-state index is 12.8. The Morgan fingerprint density at radius 1 is 1.06 bits per heavy atom. The molecular weight excluding hydrogens is 498 g/mol. The molecule has 0 amide bonds. The van der Waals surface area contributed by atoms with E-state index in [1.54, 1.807) is 12.1 Å². The Bertz CT molecular complexity index is 1190. The minimum absolute atomic E-state index is 0.0498. The number of carbonyl (C=O) groups is 1. The van der Waals surface area contributed by atoms with Gasteiger partial charge < -0.3 is 9.47 Å². The van der Waals surface area contributed by atoms with Crippen LogP contribution in [0.2, 0.25) is 5.02 Å². The van der Waals surface area contributed by atoms with Crippen molar-refractivity contribution in [2.45, 2.75) is 18.7 Å². The third-order valence-corrected chi connectivity index (χ3v) is 5.26. The van der Waals surface area contributed by atoms with Gasteiger partial charge in [-0.3, -0.25) is 10.1 Å². The van der Waals surface area contributed by atoms with Gasteiger partial charge in [0.1, 0.15) is 23.2 Å². The molecule has 1 unspecified atom stereocenters. The van der Waals surface area contributed by atoms with E-state index >= 15 is 0 Å². The lowest BCUT2D eigenvalue weighted by Gasteiger charge is -2.16. The normalized spacial score (nSPS) is 12.1. The summed E-state index contributed by atoms with van der Waals surface area (Å²) in [6, 6.07) is 14.8. The standard InChI is InChI=1S/C23H16Cl2F3NO5/c24-13-17(10-14-4-2-1-3-5-14)34-22(30)18-12-16(7-8-20(18)29(31)32)33-21-9-6-15(11-19(21)25)23(26,27)28/h1-9,11-12,17H,10,13H2. The fourth-order valence-electron chi connectivity index (χ4n) is 3.01. The molecule has 0 saturated carbocycles. The maximum Gasteiger partial charge on any atom is 0.416 e. The van der Waals surface area contributed by atoms with E-state index in [0.29, 0.717) is 12.5 Å². The molecule has 0 bridgehead atoms. The van der Waals surface area contributed by atoms with Crippen LogP contribution in [0.25, 0.3) is 0 Å². The molecule has 3 rings (SSSR count). The average Bonchev–Trinajstić information content (AvgIpc) is 2.79. The molecule has 0 aliphatic rings. The predicted molar refractivity (Wildman–Crippen MR) is 120 cm³/mol. The van der Waals surface area contributed by atoms with Crippen molar-refractivity contribution < 1.29 is 32.4 Å². The van der Waals surface area contributed by atoms with Gasteiger partial charge in [-0.15, -0.1) is 11.6 Å². The lowest BCUT2D eigenvalue weighted by atomic mass is 10.1. The summed E-state index contributed by atoms with van der Waals surface area (Å²) >= 11 is 11.8. The van der Waals surface area contributed by atoms with Crippen LogP contribution in [0.15, 0.2) is 66.7 Å². The molecule has 0 spiro atoms. The van der Waals surface area contributed by atoms with Crippen molar-refractivity contribution in [3.8, 4) is 11.5 Å². The Hall–Kier alpha value is -3.30. The SMILES string of the molecule is O=C(OC(CCl)Cc1ccccc1)c1cc(Oc2ccc(C(F)(F)F)cc2Cl)ccc1[N+](=O)[O-]. The van der Waals surface area contributed by atoms with Crippen LogP contribution in [0.5, 0.6) is 11.5 Å². The topological polar surface area (TPSA) is 78.7 Å². The second-order valence-electron chi connectivity index (χ2n) is 7.05. The molecule has 1 atom stereocenters. The molecule has 0 fully saturated rings. The number of halogens is 5. The molecule has 0 aliphatic carbocycles. The summed E-state index contributed by atoms with van der Waals surface area (Å²) in [6.07, 6.45) is -5.06. The number of alkyl halides is 4. The van der Waals surface area contributed by atoms with Crippen molar-refractivity contribution in [1.82, 2.24) is 0 Å². The highest BCUT2D eigenvalue weighted by Crippen LogP contribution is 2.37. The highest BCUT2D eigenvalue weighted by molar-refractivity contribution is 6.32. The molecule has 11 heteroatoms. The molecule has 34 heavy (non-hydrogen) atoms. The number of carbonyl (C=O) groups excluding carboxylic acids is 1. The van der Waals surface area contributed by atoms with Crippen molar-refractivity contribution >= 4 is 34.9 Å². The third-order valence-electron chi connectivity index (χ3n) is 4.62. The summed E-state index contributed by atoms with van der Waals surface area (Å²) in [5, 5.41) is 11.1. The average molecular weight is 514 g/mol. The molecule has 0 saturated heterocycles. The van der Waals surface area contributed by atoms with Crippen molar-refractivity contribution in [3.05, 3.63) is 98.6 Å². The van der Waals surface area contributed by atoms with Gasteiger partial charge in [-0.1, -0.05) is 41.9 Å². The van der Waals surface area contributed by atoms with Crippen molar-refractivity contribution in [2.24, 2.45) is 0 Å². The molecule has 3 aromatic carbocycles. The Kier molecular flexibility index (Phi) is 8.01. The highest BCUT2D eigenvalue weighted by Gasteiger charge is 2.31. The monoisotopic (exact) mass is 513 g/mol. The third kappa shape index (κ3) is 6.39. The number of ether oxygens (including phenoxy) is 2. The number of esters is 1. The molecule has 3 aromatic rings. The Balaban J connectivity index is 1.84. The van der Waals surface area contributed by atoms with Crippen LogP contribution in [-0.2, 0) is 17.3 Å². The van der Waals surface area contributed by atoms with Crippen molar-refractivity contribution in [2.75, 3.05) is 5.88 Å². The minimum Gasteiger partial charge on any atom is -0.457 e. The number of nitro benzene ring substituents is 1. The predicted octanol–water partition coefficient (Wildman–Crippen LogP) is 7.07. The highest BCUT2D eigenvalue weighted by atomic mass is 35.5. The molecule has 0 radical (unpaired) electrons. The summed E-state index contributed by atoms with van der Waals surface area (Å²) in [7, 11) is 0. The van der Waals surface area contributed by atoms with E-state index in [0.717, 1.165) is 29.8 Å². The van der Waals surface area contributed by atoms with Gasteiger partial charge in [0.05, 0.1) is 21.4 Å². The summed E-state index contributed by atoms with van der Waals surface area (Å²) in [4.78, 5) is 23.4. The zero-order valence-corrected chi connectivity index (χ0v) is 18.7. The zero-order chi connectivity index (χ0) is 24.9. The Morgan fingerprint density at radius 2 is 1.76 bits per heavy atom. The van der Waals surface area contributed by atoms with Gasteiger partial charge >= 0.3 is 12.1 Å². The molecule has 0 heterocycles. The quantitative estimate of drug-likeness (QED) is 0.139. The van der Waals surface area contributed by atoms with Crippen LogP contribution in [0, 0.1) is 10.1 Å². The lowest BCUT2D eigenvalue weighted by molar-refractivity contribution is -0.385. The minimum atomic E-state index is -4.59. The second kappa shape index (κ2) is 10.8. The van der Waals surface area contributed by atoms with Crippen LogP contribution in [0.4, 0.5) is 18.9 Å². The lowest BCUT2D eigenvalue weighted by Crippen LogP contribution is -2.23. The van der Waals surface area contributed by atoms with Crippen LogP contribution in [-0.4, -0.2) is 22.9 Å². The van der Waals surface area contributed by atoms with Gasteiger partial charge in [0.2, 0.25) is 0 Å².